The fourth-order valence-corrected chi connectivity index (χ4v) is 3.82. The first kappa shape index (κ1) is 23.8. The molecule has 2 aromatic rings. The number of aromatic nitrogens is 2. The minimum Gasteiger partial charge on any atom is -0.355 e. The van der Waals surface area contributed by atoms with Gasteiger partial charge < -0.3 is 10.2 Å². The topological polar surface area (TPSA) is 99.0 Å². The van der Waals surface area contributed by atoms with Crippen molar-refractivity contribution in [1.82, 2.24) is 9.97 Å². The smallest absolute Gasteiger partial charge is 0.355 e. The number of alkyl halides is 5. The minimum atomic E-state index is -4.77. The Morgan fingerprint density at radius 1 is 1.31 bits per heavy atom. The second-order valence-electron chi connectivity index (χ2n) is 7.63. The fraction of sp³-hybridized carbons (Fsp3) is 0.421. The van der Waals surface area contributed by atoms with E-state index < -0.39 is 51.2 Å². The average molecular weight is 477 g/mol. The Morgan fingerprint density at radius 2 is 2.00 bits per heavy atom. The molecule has 174 valence electrons. The van der Waals surface area contributed by atoms with E-state index in [1.165, 1.54) is 30.2 Å². The molecule has 1 unspecified atom stereocenters. The van der Waals surface area contributed by atoms with Gasteiger partial charge in [0, 0.05) is 49.8 Å². The highest BCUT2D eigenvalue weighted by molar-refractivity contribution is 7.91. The first-order valence-electron chi connectivity index (χ1n) is 9.40. The van der Waals surface area contributed by atoms with E-state index in [1.54, 1.807) is 0 Å². The van der Waals surface area contributed by atoms with E-state index in [-0.39, 0.29) is 29.6 Å². The molecule has 0 aliphatic carbocycles. The molecule has 1 saturated heterocycles. The van der Waals surface area contributed by atoms with Gasteiger partial charge in [0.05, 0.1) is 20.9 Å². The van der Waals surface area contributed by atoms with Crippen molar-refractivity contribution in [3.63, 3.8) is 0 Å². The van der Waals surface area contributed by atoms with Crippen LogP contribution in [-0.4, -0.2) is 45.4 Å². The molecule has 1 fully saturated rings. The summed E-state index contributed by atoms with van der Waals surface area (Å²) in [6.07, 6.45) is -2.42. The van der Waals surface area contributed by atoms with Crippen LogP contribution in [0.1, 0.15) is 29.3 Å². The third-order valence-electron chi connectivity index (χ3n) is 5.06. The third kappa shape index (κ3) is 5.14. The summed E-state index contributed by atoms with van der Waals surface area (Å²) in [5.74, 6) is -5.13. The largest absolute Gasteiger partial charge is 0.417 e. The van der Waals surface area contributed by atoms with E-state index in [0.717, 1.165) is 6.26 Å². The monoisotopic (exact) mass is 477 g/mol. The van der Waals surface area contributed by atoms with Crippen molar-refractivity contribution in [1.29, 1.82) is 4.78 Å². The van der Waals surface area contributed by atoms with E-state index >= 15 is 0 Å². The van der Waals surface area contributed by atoms with Gasteiger partial charge in [-0.3, -0.25) is 4.79 Å². The second kappa shape index (κ2) is 8.26. The van der Waals surface area contributed by atoms with Gasteiger partial charge in [0.25, 0.3) is 11.8 Å². The van der Waals surface area contributed by atoms with E-state index in [2.05, 4.69) is 15.3 Å². The van der Waals surface area contributed by atoms with E-state index in [4.69, 9.17) is 4.78 Å². The molecular formula is C19H20F5N5O2S. The molecule has 0 bridgehead atoms. The number of hydrogen-bond acceptors (Lipinski definition) is 6. The molecule has 0 saturated carbocycles. The summed E-state index contributed by atoms with van der Waals surface area (Å²) >= 11 is 0. The maximum atomic E-state index is 13.9. The Morgan fingerprint density at radius 3 is 2.59 bits per heavy atom. The Bertz CT molecular complexity index is 1140. The van der Waals surface area contributed by atoms with Crippen molar-refractivity contribution in [2.75, 3.05) is 29.6 Å². The van der Waals surface area contributed by atoms with Crippen LogP contribution in [0.2, 0.25) is 0 Å². The van der Waals surface area contributed by atoms with Crippen molar-refractivity contribution in [2.45, 2.75) is 30.5 Å². The van der Waals surface area contributed by atoms with Gasteiger partial charge in [-0.05, 0) is 18.2 Å². The summed E-state index contributed by atoms with van der Waals surface area (Å²) in [4.78, 5) is 21.8. The van der Waals surface area contributed by atoms with Crippen LogP contribution in [0.5, 0.6) is 0 Å². The molecule has 3 rings (SSSR count). The molecule has 2 aromatic heterocycles. The number of nitrogens with one attached hydrogen (secondary N) is 2. The lowest BCUT2D eigenvalue weighted by Crippen LogP contribution is -2.46. The fourth-order valence-electron chi connectivity index (χ4n) is 3.21. The van der Waals surface area contributed by atoms with Crippen molar-refractivity contribution < 1.29 is 31.0 Å². The molecule has 13 heteroatoms. The van der Waals surface area contributed by atoms with Crippen LogP contribution in [0.15, 0.2) is 35.6 Å². The number of rotatable bonds is 4. The Balaban J connectivity index is 1.99. The zero-order valence-corrected chi connectivity index (χ0v) is 17.9. The molecule has 7 nitrogen and oxygen atoms in total. The first-order chi connectivity index (χ1) is 14.7. The number of amides is 1. The summed E-state index contributed by atoms with van der Waals surface area (Å²) in [6, 6.07) is 3.11. The predicted molar refractivity (Wildman–Crippen MR) is 107 cm³/mol. The number of pyridine rings is 2. The van der Waals surface area contributed by atoms with Crippen LogP contribution in [0.3, 0.4) is 0 Å². The summed E-state index contributed by atoms with van der Waals surface area (Å²) in [5.41, 5.74) is -1.55. The van der Waals surface area contributed by atoms with Crippen molar-refractivity contribution in [3.05, 3.63) is 41.7 Å². The molecule has 2 N–H and O–H groups in total. The zero-order valence-electron chi connectivity index (χ0n) is 17.0. The molecule has 0 spiro atoms. The Hall–Kier alpha value is -2.83. The molecule has 1 aliphatic rings. The molecule has 1 amide bonds. The molecular weight excluding hydrogens is 457 g/mol. The summed E-state index contributed by atoms with van der Waals surface area (Å²) in [5, 5.41) is 2.27. The summed E-state index contributed by atoms with van der Waals surface area (Å²) in [7, 11) is -3.20. The highest BCUT2D eigenvalue weighted by Gasteiger charge is 2.42. The number of carbonyl (C=O) groups excluding carboxylic acids is 1. The summed E-state index contributed by atoms with van der Waals surface area (Å²) < 4.78 is 86.9. The molecule has 32 heavy (non-hydrogen) atoms. The normalized spacial score (nSPS) is 20.5. The van der Waals surface area contributed by atoms with Crippen molar-refractivity contribution in [3.8, 4) is 0 Å². The van der Waals surface area contributed by atoms with Crippen LogP contribution in [0.4, 0.5) is 33.5 Å². The number of carbonyl (C=O) groups is 1. The number of halogens is 5. The van der Waals surface area contributed by atoms with Gasteiger partial charge in [0.1, 0.15) is 10.8 Å². The summed E-state index contributed by atoms with van der Waals surface area (Å²) in [6.45, 7) is 0.936. The molecule has 0 radical (unpaired) electrons. The second-order valence-corrected chi connectivity index (χ2v) is 9.74. The van der Waals surface area contributed by atoms with Crippen molar-refractivity contribution in [2.24, 2.45) is 5.92 Å². The van der Waals surface area contributed by atoms with Crippen molar-refractivity contribution >= 4 is 27.1 Å². The van der Waals surface area contributed by atoms with E-state index in [9.17, 15) is 31.0 Å². The van der Waals surface area contributed by atoms with Crippen LogP contribution in [0, 0.1) is 10.7 Å². The molecule has 1 aliphatic heterocycles. The highest BCUT2D eigenvalue weighted by Crippen LogP contribution is 2.37. The van der Waals surface area contributed by atoms with Gasteiger partial charge >= 0.3 is 6.18 Å². The quantitative estimate of drug-likeness (QED) is 0.641. The van der Waals surface area contributed by atoms with Gasteiger partial charge in [0.2, 0.25) is 0 Å². The standard InChI is InChI=1S/C19H20F5N5O2S/c1-11-10-29(6-4-18(11,20)21)16-14(7-12(9-27-16)19(22,23)24)17(30)28-13-3-5-26-15(8-13)32(2,25)31/h3,5,7-9,11,25H,4,6,10H2,1-2H3,(H,26,28,30)/t11?,32-/m1/s1. The van der Waals surface area contributed by atoms with E-state index in [0.29, 0.717) is 12.3 Å². The van der Waals surface area contributed by atoms with E-state index in [1.807, 2.05) is 0 Å². The predicted octanol–water partition coefficient (Wildman–Crippen LogP) is 4.26. The van der Waals surface area contributed by atoms with Gasteiger partial charge in [-0.15, -0.1) is 0 Å². The Labute approximate surface area is 181 Å². The van der Waals surface area contributed by atoms with Crippen LogP contribution in [0.25, 0.3) is 0 Å². The lowest BCUT2D eigenvalue weighted by molar-refractivity contribution is -0.137. The van der Waals surface area contributed by atoms with Gasteiger partial charge in [-0.2, -0.15) is 13.2 Å². The molecule has 0 aromatic carbocycles. The number of piperidine rings is 1. The molecule has 3 heterocycles. The number of nitrogens with zero attached hydrogens (tertiary/aromatic N) is 3. The third-order valence-corrected chi connectivity index (χ3v) is 6.08. The lowest BCUT2D eigenvalue weighted by Gasteiger charge is -2.38. The zero-order chi connectivity index (χ0) is 23.9. The number of hydrogen-bond donors (Lipinski definition) is 2. The average Bonchev–Trinajstić information content (AvgIpc) is 2.68. The lowest BCUT2D eigenvalue weighted by atomic mass is 9.95. The minimum absolute atomic E-state index is 0.0590. The SMILES string of the molecule is CC1CN(c2ncc(C(F)(F)F)cc2C(=O)Nc2ccnc([S@](C)(=N)=O)c2)CCC1(F)F. The van der Waals surface area contributed by atoms with Gasteiger partial charge in [-0.25, -0.2) is 27.7 Å². The van der Waals surface area contributed by atoms with Crippen LogP contribution >= 0.6 is 0 Å². The van der Waals surface area contributed by atoms with Gasteiger partial charge in [-0.1, -0.05) is 6.92 Å². The first-order valence-corrected chi connectivity index (χ1v) is 11.4. The molecule has 2 atom stereocenters. The highest BCUT2D eigenvalue weighted by atomic mass is 32.2. The maximum Gasteiger partial charge on any atom is 0.417 e. The number of anilines is 2. The van der Waals surface area contributed by atoms with Crippen LogP contribution < -0.4 is 10.2 Å². The van der Waals surface area contributed by atoms with Crippen LogP contribution in [-0.2, 0) is 15.9 Å². The maximum absolute atomic E-state index is 13.9. The van der Waals surface area contributed by atoms with Gasteiger partial charge in [0.15, 0.2) is 0 Å². The Kier molecular flexibility index (Phi) is 6.15.